The van der Waals surface area contributed by atoms with E-state index in [-0.39, 0.29) is 0 Å². The number of anilines is 2. The number of hydrogen-bond donors (Lipinski definition) is 0. The standard InChI is InChI=1S/C18H18BrN3OS/c1-23-15-5-3-14(4-6-15)21-8-10-22(11-9-21)18-20-16-7-2-13(19)12-17(16)24-18/h2-7,12H,8-11H2,1H3. The molecule has 0 unspecified atom stereocenters. The first-order valence-corrected chi connectivity index (χ1v) is 9.54. The summed E-state index contributed by atoms with van der Waals surface area (Å²) in [4.78, 5) is 9.59. The molecule has 1 aliphatic heterocycles. The average Bonchev–Trinajstić information content (AvgIpc) is 3.05. The van der Waals surface area contributed by atoms with Crippen LogP contribution in [0.2, 0.25) is 0 Å². The van der Waals surface area contributed by atoms with Crippen LogP contribution in [-0.2, 0) is 0 Å². The molecule has 0 bridgehead atoms. The molecule has 2 heterocycles. The second-order valence-electron chi connectivity index (χ2n) is 5.78. The number of aromatic nitrogens is 1. The minimum absolute atomic E-state index is 0.901. The van der Waals surface area contributed by atoms with Crippen LogP contribution in [0.5, 0.6) is 5.75 Å². The minimum atomic E-state index is 0.901. The first kappa shape index (κ1) is 15.7. The number of nitrogens with zero attached hydrogens (tertiary/aromatic N) is 3. The summed E-state index contributed by atoms with van der Waals surface area (Å²) in [7, 11) is 1.70. The molecular formula is C18H18BrN3OS. The molecule has 0 aliphatic carbocycles. The third-order valence-corrected chi connectivity index (χ3v) is 5.90. The highest BCUT2D eigenvalue weighted by Crippen LogP contribution is 2.31. The molecule has 0 N–H and O–H groups in total. The Labute approximate surface area is 153 Å². The number of ether oxygens (including phenoxy) is 1. The molecular weight excluding hydrogens is 386 g/mol. The fraction of sp³-hybridized carbons (Fsp3) is 0.278. The van der Waals surface area contributed by atoms with Crippen molar-refractivity contribution in [2.24, 2.45) is 0 Å². The fourth-order valence-electron chi connectivity index (χ4n) is 2.97. The highest BCUT2D eigenvalue weighted by atomic mass is 79.9. The molecule has 1 aliphatic rings. The molecule has 1 saturated heterocycles. The van der Waals surface area contributed by atoms with Gasteiger partial charge in [0.05, 0.1) is 17.3 Å². The van der Waals surface area contributed by atoms with E-state index in [0.29, 0.717) is 0 Å². The van der Waals surface area contributed by atoms with Crippen molar-refractivity contribution in [3.63, 3.8) is 0 Å². The highest BCUT2D eigenvalue weighted by Gasteiger charge is 2.20. The van der Waals surface area contributed by atoms with E-state index in [9.17, 15) is 0 Å². The molecule has 6 heteroatoms. The van der Waals surface area contributed by atoms with Gasteiger partial charge in [-0.3, -0.25) is 0 Å². The normalized spacial score (nSPS) is 15.1. The van der Waals surface area contributed by atoms with Crippen molar-refractivity contribution in [2.45, 2.75) is 0 Å². The van der Waals surface area contributed by atoms with E-state index in [1.807, 2.05) is 18.2 Å². The number of rotatable bonds is 3. The molecule has 24 heavy (non-hydrogen) atoms. The lowest BCUT2D eigenvalue weighted by Gasteiger charge is -2.36. The molecule has 0 amide bonds. The van der Waals surface area contributed by atoms with Gasteiger partial charge >= 0.3 is 0 Å². The topological polar surface area (TPSA) is 28.6 Å². The zero-order chi connectivity index (χ0) is 16.5. The Balaban J connectivity index is 1.46. The van der Waals surface area contributed by atoms with Gasteiger partial charge in [-0.25, -0.2) is 4.98 Å². The number of methoxy groups -OCH3 is 1. The molecule has 4 rings (SSSR count). The SMILES string of the molecule is COc1ccc(N2CCN(c3nc4ccc(Br)cc4s3)CC2)cc1. The van der Waals surface area contributed by atoms with Crippen LogP contribution < -0.4 is 14.5 Å². The summed E-state index contributed by atoms with van der Waals surface area (Å²) in [5.41, 5.74) is 2.33. The van der Waals surface area contributed by atoms with Crippen molar-refractivity contribution < 1.29 is 4.74 Å². The lowest BCUT2D eigenvalue weighted by molar-refractivity contribution is 0.415. The fourth-order valence-corrected chi connectivity index (χ4v) is 4.54. The largest absolute Gasteiger partial charge is 0.497 e. The van der Waals surface area contributed by atoms with E-state index < -0.39 is 0 Å². The molecule has 0 spiro atoms. The molecule has 2 aromatic carbocycles. The van der Waals surface area contributed by atoms with Crippen molar-refractivity contribution in [3.8, 4) is 5.75 Å². The monoisotopic (exact) mass is 403 g/mol. The number of hydrogen-bond acceptors (Lipinski definition) is 5. The van der Waals surface area contributed by atoms with Gasteiger partial charge in [-0.2, -0.15) is 0 Å². The van der Waals surface area contributed by atoms with Crippen LogP contribution in [-0.4, -0.2) is 38.3 Å². The second-order valence-corrected chi connectivity index (χ2v) is 7.71. The van der Waals surface area contributed by atoms with E-state index >= 15 is 0 Å². The van der Waals surface area contributed by atoms with Crippen LogP contribution in [0, 0.1) is 0 Å². The Morgan fingerprint density at radius 3 is 2.42 bits per heavy atom. The minimum Gasteiger partial charge on any atom is -0.497 e. The first-order chi connectivity index (χ1) is 11.7. The summed E-state index contributed by atoms with van der Waals surface area (Å²) < 4.78 is 7.57. The summed E-state index contributed by atoms with van der Waals surface area (Å²) >= 11 is 5.30. The van der Waals surface area contributed by atoms with Crippen LogP contribution >= 0.6 is 27.3 Å². The number of benzene rings is 2. The quantitative estimate of drug-likeness (QED) is 0.647. The molecule has 3 aromatic rings. The number of piperazine rings is 1. The molecule has 124 valence electrons. The molecule has 0 atom stereocenters. The van der Waals surface area contributed by atoms with Gasteiger partial charge in [0, 0.05) is 36.3 Å². The number of fused-ring (bicyclic) bond motifs is 1. The summed E-state index contributed by atoms with van der Waals surface area (Å²) in [6.45, 7) is 4.00. The van der Waals surface area contributed by atoms with Crippen molar-refractivity contribution in [2.75, 3.05) is 43.1 Å². The smallest absolute Gasteiger partial charge is 0.186 e. The van der Waals surface area contributed by atoms with Gasteiger partial charge in [-0.05, 0) is 42.5 Å². The van der Waals surface area contributed by atoms with E-state index in [1.165, 1.54) is 10.4 Å². The van der Waals surface area contributed by atoms with Crippen molar-refractivity contribution in [1.82, 2.24) is 4.98 Å². The molecule has 4 nitrogen and oxygen atoms in total. The van der Waals surface area contributed by atoms with Crippen LogP contribution in [0.1, 0.15) is 0 Å². The summed E-state index contributed by atoms with van der Waals surface area (Å²) in [5.74, 6) is 0.901. The summed E-state index contributed by atoms with van der Waals surface area (Å²) in [6.07, 6.45) is 0. The third-order valence-electron chi connectivity index (χ3n) is 4.33. The van der Waals surface area contributed by atoms with Gasteiger partial charge in [0.15, 0.2) is 5.13 Å². The zero-order valence-corrected chi connectivity index (χ0v) is 15.8. The maximum absolute atomic E-state index is 5.23. The van der Waals surface area contributed by atoms with Crippen molar-refractivity contribution in [3.05, 3.63) is 46.9 Å². The Kier molecular flexibility index (Phi) is 4.33. The van der Waals surface area contributed by atoms with Gasteiger partial charge in [0.1, 0.15) is 5.75 Å². The van der Waals surface area contributed by atoms with E-state index in [0.717, 1.165) is 47.0 Å². The van der Waals surface area contributed by atoms with Gasteiger partial charge < -0.3 is 14.5 Å². The Morgan fingerprint density at radius 2 is 1.71 bits per heavy atom. The van der Waals surface area contributed by atoms with Gasteiger partial charge in [0.2, 0.25) is 0 Å². The van der Waals surface area contributed by atoms with Gasteiger partial charge in [0.25, 0.3) is 0 Å². The molecule has 1 aromatic heterocycles. The number of thiazole rings is 1. The van der Waals surface area contributed by atoms with Crippen LogP contribution in [0.15, 0.2) is 46.9 Å². The summed E-state index contributed by atoms with van der Waals surface area (Å²) in [5, 5.41) is 1.12. The predicted molar refractivity (Wildman–Crippen MR) is 105 cm³/mol. The molecule has 1 fully saturated rings. The second kappa shape index (κ2) is 6.61. The number of halogens is 1. The Hall–Kier alpha value is -1.79. The highest BCUT2D eigenvalue weighted by molar-refractivity contribution is 9.10. The third kappa shape index (κ3) is 3.08. The maximum Gasteiger partial charge on any atom is 0.186 e. The van der Waals surface area contributed by atoms with Gasteiger partial charge in [-0.15, -0.1) is 0 Å². The van der Waals surface area contributed by atoms with Crippen LogP contribution in [0.25, 0.3) is 10.2 Å². The van der Waals surface area contributed by atoms with Crippen molar-refractivity contribution in [1.29, 1.82) is 0 Å². The maximum atomic E-state index is 5.23. The lowest BCUT2D eigenvalue weighted by Crippen LogP contribution is -2.46. The molecule has 0 radical (unpaired) electrons. The van der Waals surface area contributed by atoms with E-state index in [4.69, 9.17) is 9.72 Å². The lowest BCUT2D eigenvalue weighted by atomic mass is 10.2. The summed E-state index contributed by atoms with van der Waals surface area (Å²) in [6, 6.07) is 14.6. The Morgan fingerprint density at radius 1 is 1.00 bits per heavy atom. The van der Waals surface area contributed by atoms with Crippen LogP contribution in [0.4, 0.5) is 10.8 Å². The predicted octanol–water partition coefficient (Wildman–Crippen LogP) is 4.39. The molecule has 0 saturated carbocycles. The van der Waals surface area contributed by atoms with Crippen LogP contribution in [0.3, 0.4) is 0 Å². The van der Waals surface area contributed by atoms with E-state index in [2.05, 4.69) is 50.0 Å². The Bertz CT molecular complexity index is 841. The average molecular weight is 404 g/mol. The van der Waals surface area contributed by atoms with Crippen molar-refractivity contribution >= 4 is 48.3 Å². The first-order valence-electron chi connectivity index (χ1n) is 7.93. The van der Waals surface area contributed by atoms with E-state index in [1.54, 1.807) is 18.4 Å². The zero-order valence-electron chi connectivity index (χ0n) is 13.4. The van der Waals surface area contributed by atoms with Gasteiger partial charge in [-0.1, -0.05) is 27.3 Å².